The van der Waals surface area contributed by atoms with E-state index in [1.165, 1.54) is 13.8 Å². The minimum Gasteiger partial charge on any atom is -0.459 e. The van der Waals surface area contributed by atoms with Crippen LogP contribution in [0.5, 0.6) is 0 Å². The second-order valence-electron chi connectivity index (χ2n) is 7.82. The fraction of sp³-hybridized carbons (Fsp3) is 0.778. The minimum absolute atomic E-state index is 0.0487. The highest BCUT2D eigenvalue weighted by Gasteiger charge is 2.52. The molecule has 2 N–H and O–H groups in total. The number of halogens is 1. The Morgan fingerprint density at radius 3 is 2.69 bits per heavy atom. The molecule has 0 aliphatic carbocycles. The van der Waals surface area contributed by atoms with Crippen molar-refractivity contribution in [1.82, 2.24) is 4.90 Å². The lowest BCUT2D eigenvalue weighted by molar-refractivity contribution is -0.183. The van der Waals surface area contributed by atoms with E-state index in [1.54, 1.807) is 6.92 Å². The summed E-state index contributed by atoms with van der Waals surface area (Å²) in [5, 5.41) is 20.6. The van der Waals surface area contributed by atoms with Gasteiger partial charge in [-0.05, 0) is 38.2 Å². The van der Waals surface area contributed by atoms with Crippen molar-refractivity contribution >= 4 is 23.5 Å². The van der Waals surface area contributed by atoms with Crippen molar-refractivity contribution in [3.8, 4) is 0 Å². The van der Waals surface area contributed by atoms with Crippen LogP contribution in [0.3, 0.4) is 0 Å². The second-order valence-corrected chi connectivity index (χ2v) is 8.47. The summed E-state index contributed by atoms with van der Waals surface area (Å²) in [4.78, 5) is 27.4. The quantitative estimate of drug-likeness (QED) is 0.386. The highest BCUT2D eigenvalue weighted by molar-refractivity contribution is 6.22. The summed E-state index contributed by atoms with van der Waals surface area (Å²) in [7, 11) is 0. The molecule has 3 heterocycles. The standard InChI is InChI=1S/C18H26ClNO6/c1-10-8-18(24,11(2)19)16(22)26-13-5-7-20-6-4-12(14(13)20)9-25-15(21)17(10,3)23/h4,10-11,13-14,23-24H,5-9H2,1-3H3/t10-,11+,13+,14+,17-,18+/m0/s1. The zero-order chi connectivity index (χ0) is 19.3. The van der Waals surface area contributed by atoms with Gasteiger partial charge in [-0.1, -0.05) is 13.0 Å². The fourth-order valence-corrected chi connectivity index (χ4v) is 4.11. The Bertz CT molecular complexity index is 633. The molecule has 0 saturated carbocycles. The number of hydrogen-bond donors (Lipinski definition) is 2. The van der Waals surface area contributed by atoms with Crippen LogP contribution in [0.4, 0.5) is 0 Å². The lowest BCUT2D eigenvalue weighted by Crippen LogP contribution is -2.54. The summed E-state index contributed by atoms with van der Waals surface area (Å²) < 4.78 is 11.0. The molecule has 0 aromatic rings. The van der Waals surface area contributed by atoms with E-state index in [1.807, 2.05) is 6.08 Å². The van der Waals surface area contributed by atoms with Crippen LogP contribution in [0.15, 0.2) is 11.6 Å². The zero-order valence-electron chi connectivity index (χ0n) is 15.3. The van der Waals surface area contributed by atoms with Gasteiger partial charge in [-0.15, -0.1) is 11.6 Å². The molecule has 2 fully saturated rings. The first-order valence-corrected chi connectivity index (χ1v) is 9.41. The molecule has 8 heteroatoms. The number of carbonyl (C=O) groups excluding carboxylic acids is 2. The van der Waals surface area contributed by atoms with Crippen LogP contribution in [0.1, 0.15) is 33.6 Å². The van der Waals surface area contributed by atoms with Crippen LogP contribution < -0.4 is 0 Å². The highest BCUT2D eigenvalue weighted by Crippen LogP contribution is 2.37. The largest absolute Gasteiger partial charge is 0.459 e. The van der Waals surface area contributed by atoms with Crippen molar-refractivity contribution in [3.63, 3.8) is 0 Å². The molecule has 26 heavy (non-hydrogen) atoms. The number of esters is 2. The van der Waals surface area contributed by atoms with E-state index >= 15 is 0 Å². The number of carbonyl (C=O) groups is 2. The van der Waals surface area contributed by atoms with Crippen LogP contribution in [0.25, 0.3) is 0 Å². The molecule has 0 amide bonds. The summed E-state index contributed by atoms with van der Waals surface area (Å²) in [6.07, 6.45) is 1.95. The number of cyclic esters (lactones) is 1. The molecule has 7 nitrogen and oxygen atoms in total. The molecule has 6 atom stereocenters. The first-order chi connectivity index (χ1) is 12.1. The van der Waals surface area contributed by atoms with Gasteiger partial charge in [-0.25, -0.2) is 9.59 Å². The lowest BCUT2D eigenvalue weighted by atomic mass is 9.79. The van der Waals surface area contributed by atoms with Crippen LogP contribution >= 0.6 is 11.6 Å². The van der Waals surface area contributed by atoms with Gasteiger partial charge in [0, 0.05) is 13.1 Å². The van der Waals surface area contributed by atoms with Crippen molar-refractivity contribution in [2.24, 2.45) is 5.92 Å². The third-order valence-corrected chi connectivity index (χ3v) is 6.41. The van der Waals surface area contributed by atoms with Crippen LogP contribution in [-0.2, 0) is 19.1 Å². The number of hydrogen-bond acceptors (Lipinski definition) is 7. The highest BCUT2D eigenvalue weighted by atomic mass is 35.5. The predicted octanol–water partition coefficient (Wildman–Crippen LogP) is 0.605. The van der Waals surface area contributed by atoms with Gasteiger partial charge in [-0.2, -0.15) is 0 Å². The molecule has 0 spiro atoms. The number of aliphatic hydroxyl groups is 2. The van der Waals surface area contributed by atoms with E-state index in [-0.39, 0.29) is 19.1 Å². The molecule has 146 valence electrons. The SMILES string of the molecule is C[C@H]1C[C@@](O)([C@@H](C)Cl)C(=O)O[C@@H]2CCN3CC=C(COC(=O)[C@@]1(C)O)[C@H]23. The Labute approximate surface area is 157 Å². The van der Waals surface area contributed by atoms with Crippen LogP contribution in [-0.4, -0.2) is 75.5 Å². The van der Waals surface area contributed by atoms with Crippen molar-refractivity contribution in [1.29, 1.82) is 0 Å². The van der Waals surface area contributed by atoms with E-state index in [2.05, 4.69) is 4.90 Å². The van der Waals surface area contributed by atoms with Crippen LogP contribution in [0.2, 0.25) is 0 Å². The molecule has 0 aromatic carbocycles. The average Bonchev–Trinajstić information content (AvgIpc) is 3.14. The maximum atomic E-state index is 12.8. The van der Waals surface area contributed by atoms with Gasteiger partial charge in [0.15, 0.2) is 11.2 Å². The molecular formula is C18H26ClNO6. The molecule has 2 saturated heterocycles. The minimum atomic E-state index is -2.01. The third kappa shape index (κ3) is 3.15. The van der Waals surface area contributed by atoms with Gasteiger partial charge in [0.25, 0.3) is 0 Å². The fourth-order valence-electron chi connectivity index (χ4n) is 3.94. The number of nitrogens with zero attached hydrogens (tertiary/aromatic N) is 1. The van der Waals surface area contributed by atoms with E-state index in [0.717, 1.165) is 12.1 Å². The topological polar surface area (TPSA) is 96.3 Å². The first kappa shape index (κ1) is 19.6. The molecule has 0 unspecified atom stereocenters. The molecule has 0 bridgehead atoms. The third-order valence-electron chi connectivity index (χ3n) is 6.04. The first-order valence-electron chi connectivity index (χ1n) is 8.97. The molecule has 3 aliphatic rings. The molecular weight excluding hydrogens is 362 g/mol. The van der Waals surface area contributed by atoms with Gasteiger partial charge in [0.2, 0.25) is 0 Å². The lowest BCUT2D eigenvalue weighted by Gasteiger charge is -2.37. The predicted molar refractivity (Wildman–Crippen MR) is 93.6 cm³/mol. The monoisotopic (exact) mass is 387 g/mol. The Morgan fingerprint density at radius 1 is 1.35 bits per heavy atom. The molecule has 3 aliphatic heterocycles. The molecule has 0 radical (unpaired) electrons. The number of alkyl halides is 1. The van der Waals surface area contributed by atoms with E-state index in [0.29, 0.717) is 13.0 Å². The maximum Gasteiger partial charge on any atom is 0.340 e. The Morgan fingerprint density at radius 2 is 2.04 bits per heavy atom. The van der Waals surface area contributed by atoms with Crippen molar-refractivity contribution < 1.29 is 29.3 Å². The average molecular weight is 388 g/mol. The molecule has 3 rings (SSSR count). The normalized spacial score (nSPS) is 42.8. The smallest absolute Gasteiger partial charge is 0.340 e. The Kier molecular flexibility index (Phi) is 5.11. The van der Waals surface area contributed by atoms with Gasteiger partial charge in [0.05, 0.1) is 11.4 Å². The number of ether oxygens (including phenoxy) is 2. The van der Waals surface area contributed by atoms with Gasteiger partial charge >= 0.3 is 11.9 Å². The van der Waals surface area contributed by atoms with E-state index in [9.17, 15) is 19.8 Å². The Balaban J connectivity index is 1.97. The van der Waals surface area contributed by atoms with E-state index < -0.39 is 40.5 Å². The Hall–Kier alpha value is -1.15. The van der Waals surface area contributed by atoms with E-state index in [4.69, 9.17) is 21.1 Å². The maximum absolute atomic E-state index is 12.8. The summed E-state index contributed by atoms with van der Waals surface area (Å²) in [6.45, 7) is 5.88. The van der Waals surface area contributed by atoms with Gasteiger partial charge < -0.3 is 19.7 Å². The summed E-state index contributed by atoms with van der Waals surface area (Å²) in [5.74, 6) is -2.37. The van der Waals surface area contributed by atoms with Crippen LogP contribution in [0, 0.1) is 5.92 Å². The van der Waals surface area contributed by atoms with Gasteiger partial charge in [0.1, 0.15) is 12.7 Å². The summed E-state index contributed by atoms with van der Waals surface area (Å²) >= 11 is 6.12. The van der Waals surface area contributed by atoms with Crippen molar-refractivity contribution in [3.05, 3.63) is 11.6 Å². The summed E-state index contributed by atoms with van der Waals surface area (Å²) in [6, 6.07) is -0.177. The number of rotatable bonds is 1. The summed E-state index contributed by atoms with van der Waals surface area (Å²) in [5.41, 5.74) is -3.03. The second kappa shape index (κ2) is 6.78. The molecule has 0 aromatic heterocycles. The zero-order valence-corrected chi connectivity index (χ0v) is 16.0. The van der Waals surface area contributed by atoms with Crippen molar-refractivity contribution in [2.45, 2.75) is 62.3 Å². The van der Waals surface area contributed by atoms with Gasteiger partial charge in [-0.3, -0.25) is 4.90 Å². The van der Waals surface area contributed by atoms with Crippen molar-refractivity contribution in [2.75, 3.05) is 19.7 Å².